The van der Waals surface area contributed by atoms with E-state index in [0.29, 0.717) is 10.3 Å². The standard InChI is InChI=1S/C36H23NO2S2/c38-41(39,25-13-2-1-3-14-25)36-28-17-7-6-16-27(28)35(34-26-15-5-4-12-24(26)22-23-29(34)36)37-30-18-8-10-20-32(30)40-33-21-11-9-19-31(33)37/h1-23H. The van der Waals surface area contributed by atoms with Crippen molar-refractivity contribution in [1.29, 1.82) is 0 Å². The smallest absolute Gasteiger partial charge is 0.207 e. The van der Waals surface area contributed by atoms with Crippen LogP contribution in [0.4, 0.5) is 17.1 Å². The molecule has 0 N–H and O–H groups in total. The fourth-order valence-electron chi connectivity index (χ4n) is 6.07. The van der Waals surface area contributed by atoms with Gasteiger partial charge in [-0.25, -0.2) is 8.42 Å². The maximum absolute atomic E-state index is 14.5. The van der Waals surface area contributed by atoms with E-state index in [4.69, 9.17) is 0 Å². The number of para-hydroxylation sites is 2. The van der Waals surface area contributed by atoms with Crippen LogP contribution in [0.5, 0.6) is 0 Å². The van der Waals surface area contributed by atoms with Crippen LogP contribution in [-0.4, -0.2) is 8.42 Å². The second-order valence-corrected chi connectivity index (χ2v) is 13.1. The minimum atomic E-state index is -3.85. The van der Waals surface area contributed by atoms with Crippen LogP contribution in [0.15, 0.2) is 159 Å². The van der Waals surface area contributed by atoms with Gasteiger partial charge in [-0.2, -0.15) is 0 Å². The highest BCUT2D eigenvalue weighted by molar-refractivity contribution is 7.99. The van der Waals surface area contributed by atoms with Gasteiger partial charge in [-0.3, -0.25) is 0 Å². The number of nitrogens with zero attached hydrogens (tertiary/aromatic N) is 1. The van der Waals surface area contributed by atoms with Crippen molar-refractivity contribution in [2.24, 2.45) is 0 Å². The molecule has 0 aromatic heterocycles. The van der Waals surface area contributed by atoms with Crippen molar-refractivity contribution >= 4 is 71.0 Å². The molecule has 1 aliphatic heterocycles. The Morgan fingerprint density at radius 3 is 1.76 bits per heavy atom. The molecule has 0 saturated carbocycles. The second-order valence-electron chi connectivity index (χ2n) is 10.1. The van der Waals surface area contributed by atoms with Crippen LogP contribution in [0.3, 0.4) is 0 Å². The number of sulfone groups is 1. The molecule has 0 unspecified atom stereocenters. The molecule has 0 bridgehead atoms. The molecule has 0 radical (unpaired) electrons. The molecule has 3 nitrogen and oxygen atoms in total. The van der Waals surface area contributed by atoms with Gasteiger partial charge in [0.05, 0.1) is 26.9 Å². The Morgan fingerprint density at radius 1 is 0.488 bits per heavy atom. The first-order valence-electron chi connectivity index (χ1n) is 13.5. The molecule has 8 rings (SSSR count). The Balaban J connectivity index is 1.62. The van der Waals surface area contributed by atoms with Crippen molar-refractivity contribution < 1.29 is 8.42 Å². The summed E-state index contributed by atoms with van der Waals surface area (Å²) in [7, 11) is -3.85. The highest BCUT2D eigenvalue weighted by atomic mass is 32.2. The topological polar surface area (TPSA) is 37.4 Å². The molecule has 41 heavy (non-hydrogen) atoms. The van der Waals surface area contributed by atoms with Gasteiger partial charge in [-0.15, -0.1) is 0 Å². The Bertz CT molecular complexity index is 2210. The Hall–Kier alpha value is -4.58. The van der Waals surface area contributed by atoms with E-state index in [1.54, 1.807) is 36.0 Å². The maximum atomic E-state index is 14.5. The van der Waals surface area contributed by atoms with E-state index in [0.717, 1.165) is 53.8 Å². The van der Waals surface area contributed by atoms with E-state index < -0.39 is 9.84 Å². The van der Waals surface area contributed by atoms with Gasteiger partial charge < -0.3 is 4.90 Å². The minimum Gasteiger partial charge on any atom is -0.307 e. The van der Waals surface area contributed by atoms with Crippen molar-refractivity contribution in [3.8, 4) is 0 Å². The zero-order chi connectivity index (χ0) is 27.6. The predicted octanol–water partition coefficient (Wildman–Crippen LogP) is 9.91. The molecular weight excluding hydrogens is 543 g/mol. The lowest BCUT2D eigenvalue weighted by atomic mass is 9.94. The van der Waals surface area contributed by atoms with E-state index in [1.165, 1.54) is 0 Å². The van der Waals surface area contributed by atoms with Crippen LogP contribution in [0.2, 0.25) is 0 Å². The van der Waals surface area contributed by atoms with E-state index >= 15 is 0 Å². The minimum absolute atomic E-state index is 0.289. The van der Waals surface area contributed by atoms with Crippen molar-refractivity contribution in [1.82, 2.24) is 0 Å². The number of hydrogen-bond acceptors (Lipinski definition) is 4. The third-order valence-electron chi connectivity index (χ3n) is 7.82. The third-order valence-corrected chi connectivity index (χ3v) is 10.8. The van der Waals surface area contributed by atoms with Gasteiger partial charge in [0.2, 0.25) is 9.84 Å². The van der Waals surface area contributed by atoms with Gasteiger partial charge >= 0.3 is 0 Å². The summed E-state index contributed by atoms with van der Waals surface area (Å²) < 4.78 is 28.9. The molecule has 196 valence electrons. The van der Waals surface area contributed by atoms with Gasteiger partial charge in [0.15, 0.2) is 0 Å². The highest BCUT2D eigenvalue weighted by Crippen LogP contribution is 2.55. The average Bonchev–Trinajstić information content (AvgIpc) is 3.03. The number of fused-ring (bicyclic) bond motifs is 6. The molecule has 1 heterocycles. The molecule has 7 aromatic carbocycles. The van der Waals surface area contributed by atoms with Gasteiger partial charge in [0, 0.05) is 31.3 Å². The maximum Gasteiger partial charge on any atom is 0.207 e. The predicted molar refractivity (Wildman–Crippen MR) is 170 cm³/mol. The van der Waals surface area contributed by atoms with Gasteiger partial charge in [-0.05, 0) is 47.2 Å². The molecule has 0 saturated heterocycles. The van der Waals surface area contributed by atoms with E-state index in [-0.39, 0.29) is 4.90 Å². The Kier molecular flexibility index (Phi) is 5.46. The van der Waals surface area contributed by atoms with Crippen molar-refractivity contribution in [2.45, 2.75) is 19.6 Å². The molecule has 7 aromatic rings. The van der Waals surface area contributed by atoms with Gasteiger partial charge in [0.1, 0.15) is 0 Å². The third kappa shape index (κ3) is 3.63. The summed E-state index contributed by atoms with van der Waals surface area (Å²) in [6.45, 7) is 0. The Labute approximate surface area is 242 Å². The summed E-state index contributed by atoms with van der Waals surface area (Å²) in [6, 6.07) is 45.8. The van der Waals surface area contributed by atoms with Gasteiger partial charge in [-0.1, -0.05) is 115 Å². The monoisotopic (exact) mass is 565 g/mol. The summed E-state index contributed by atoms with van der Waals surface area (Å²) in [5.41, 5.74) is 3.14. The zero-order valence-electron chi connectivity index (χ0n) is 21.9. The number of rotatable bonds is 3. The van der Waals surface area contributed by atoms with Crippen molar-refractivity contribution in [2.75, 3.05) is 4.90 Å². The molecule has 5 heteroatoms. The fraction of sp³-hybridized carbons (Fsp3) is 0. The summed E-state index contributed by atoms with van der Waals surface area (Å²) in [5.74, 6) is 0. The first-order valence-corrected chi connectivity index (χ1v) is 15.8. The largest absolute Gasteiger partial charge is 0.307 e. The first-order chi connectivity index (χ1) is 20.1. The summed E-state index contributed by atoms with van der Waals surface area (Å²) >= 11 is 1.76. The van der Waals surface area contributed by atoms with Crippen LogP contribution in [0.25, 0.3) is 32.3 Å². The quantitative estimate of drug-likeness (QED) is 0.158. The lowest BCUT2D eigenvalue weighted by Gasteiger charge is -2.35. The van der Waals surface area contributed by atoms with Crippen LogP contribution >= 0.6 is 11.8 Å². The summed E-state index contributed by atoms with van der Waals surface area (Å²) in [4.78, 5) is 5.28. The lowest BCUT2D eigenvalue weighted by molar-refractivity contribution is 0.598. The number of benzene rings is 7. The second kappa shape index (κ2) is 9.23. The molecule has 1 aliphatic rings. The molecule has 0 atom stereocenters. The molecule has 0 aliphatic carbocycles. The van der Waals surface area contributed by atoms with E-state index in [9.17, 15) is 8.42 Å². The van der Waals surface area contributed by atoms with Crippen molar-refractivity contribution in [3.05, 3.63) is 140 Å². The summed E-state index contributed by atoms with van der Waals surface area (Å²) in [5, 5.41) is 5.32. The highest BCUT2D eigenvalue weighted by Gasteiger charge is 2.31. The van der Waals surface area contributed by atoms with E-state index in [1.807, 2.05) is 48.5 Å². The fourth-order valence-corrected chi connectivity index (χ4v) is 8.80. The number of anilines is 3. The Morgan fingerprint density at radius 2 is 1.05 bits per heavy atom. The average molecular weight is 566 g/mol. The van der Waals surface area contributed by atoms with Crippen LogP contribution in [-0.2, 0) is 9.84 Å². The SMILES string of the molecule is O=S(=O)(c1ccccc1)c1c2ccccc2c(N2c3ccccc3Sc3ccccc32)c2c1ccc1ccccc12. The first kappa shape index (κ1) is 24.2. The van der Waals surface area contributed by atoms with E-state index in [2.05, 4.69) is 71.6 Å². The van der Waals surface area contributed by atoms with Crippen LogP contribution in [0.1, 0.15) is 0 Å². The molecular formula is C36H23NO2S2. The zero-order valence-corrected chi connectivity index (χ0v) is 23.5. The molecule has 0 fully saturated rings. The van der Waals surface area contributed by atoms with Crippen LogP contribution < -0.4 is 4.90 Å². The lowest BCUT2D eigenvalue weighted by Crippen LogP contribution is -2.16. The van der Waals surface area contributed by atoms with Crippen LogP contribution in [0, 0.1) is 0 Å². The molecule has 0 spiro atoms. The summed E-state index contributed by atoms with van der Waals surface area (Å²) in [6.07, 6.45) is 0. The number of hydrogen-bond donors (Lipinski definition) is 0. The molecule has 0 amide bonds. The van der Waals surface area contributed by atoms with Gasteiger partial charge in [0.25, 0.3) is 0 Å². The normalized spacial score (nSPS) is 12.9. The van der Waals surface area contributed by atoms with Crippen molar-refractivity contribution in [3.63, 3.8) is 0 Å².